The molecule has 29 heavy (non-hydrogen) atoms. The highest BCUT2D eigenvalue weighted by molar-refractivity contribution is 8.00. The minimum absolute atomic E-state index is 0.0928. The van der Waals surface area contributed by atoms with E-state index >= 15 is 0 Å². The van der Waals surface area contributed by atoms with Crippen molar-refractivity contribution in [1.29, 1.82) is 0 Å². The zero-order chi connectivity index (χ0) is 20.2. The molecule has 154 valence electrons. The molecule has 2 aliphatic rings. The molecule has 1 amide bonds. The van der Waals surface area contributed by atoms with Crippen molar-refractivity contribution in [2.45, 2.75) is 24.6 Å². The lowest BCUT2D eigenvalue weighted by Crippen LogP contribution is -2.30. The Hall–Kier alpha value is -2.34. The fraction of sp³-hybridized carbons (Fsp3) is 0.435. The number of carbonyl (C=O) groups is 1. The van der Waals surface area contributed by atoms with Crippen LogP contribution < -0.4 is 14.4 Å². The number of nitrogens with zero attached hydrogens (tertiary/aromatic N) is 2. The van der Waals surface area contributed by atoms with Gasteiger partial charge in [-0.25, -0.2) is 0 Å². The molecule has 0 radical (unpaired) electrons. The van der Waals surface area contributed by atoms with Gasteiger partial charge in [-0.3, -0.25) is 4.79 Å². The highest BCUT2D eigenvalue weighted by Gasteiger charge is 2.32. The number of anilines is 1. The molecule has 0 saturated carbocycles. The van der Waals surface area contributed by atoms with Gasteiger partial charge in [-0.2, -0.15) is 0 Å². The van der Waals surface area contributed by atoms with Crippen molar-refractivity contribution in [2.24, 2.45) is 0 Å². The quantitative estimate of drug-likeness (QED) is 0.684. The summed E-state index contributed by atoms with van der Waals surface area (Å²) in [5, 5.41) is 0.0928. The van der Waals surface area contributed by atoms with Crippen LogP contribution in [0.3, 0.4) is 0 Å². The van der Waals surface area contributed by atoms with Crippen LogP contribution in [0.1, 0.15) is 29.3 Å². The molecule has 5 nitrogen and oxygen atoms in total. The van der Waals surface area contributed by atoms with Gasteiger partial charge in [0, 0.05) is 25.3 Å². The van der Waals surface area contributed by atoms with Crippen LogP contribution in [-0.4, -0.2) is 50.4 Å². The Morgan fingerprint density at radius 2 is 1.72 bits per heavy atom. The van der Waals surface area contributed by atoms with Gasteiger partial charge in [0.15, 0.2) is 11.5 Å². The number of thioether (sulfide) groups is 1. The zero-order valence-electron chi connectivity index (χ0n) is 17.1. The van der Waals surface area contributed by atoms with E-state index in [9.17, 15) is 4.79 Å². The number of carbonyl (C=O) groups excluding carboxylic acids is 1. The maximum atomic E-state index is 12.5. The first-order chi connectivity index (χ1) is 14.2. The van der Waals surface area contributed by atoms with Crippen LogP contribution >= 0.6 is 11.8 Å². The molecule has 4 rings (SSSR count). The Morgan fingerprint density at radius 1 is 1.00 bits per heavy atom. The summed E-state index contributed by atoms with van der Waals surface area (Å²) in [7, 11) is 3.28. The second kappa shape index (κ2) is 8.99. The summed E-state index contributed by atoms with van der Waals surface area (Å²) in [5.74, 6) is 2.20. The smallest absolute Gasteiger partial charge is 0.233 e. The zero-order valence-corrected chi connectivity index (χ0v) is 17.9. The lowest BCUT2D eigenvalue weighted by Gasteiger charge is -2.25. The third-order valence-electron chi connectivity index (χ3n) is 5.71. The van der Waals surface area contributed by atoms with Crippen molar-refractivity contribution in [3.63, 3.8) is 0 Å². The average molecular weight is 413 g/mol. The predicted octanol–water partition coefficient (Wildman–Crippen LogP) is 4.12. The molecule has 2 saturated heterocycles. The summed E-state index contributed by atoms with van der Waals surface area (Å²) >= 11 is 1.72. The lowest BCUT2D eigenvalue weighted by atomic mass is 10.1. The van der Waals surface area contributed by atoms with Gasteiger partial charge in [0.25, 0.3) is 0 Å². The first-order valence-corrected chi connectivity index (χ1v) is 11.2. The number of hydrogen-bond acceptors (Lipinski definition) is 5. The van der Waals surface area contributed by atoms with Crippen molar-refractivity contribution in [1.82, 2.24) is 4.90 Å². The third kappa shape index (κ3) is 4.32. The summed E-state index contributed by atoms with van der Waals surface area (Å²) in [6, 6.07) is 14.7. The van der Waals surface area contributed by atoms with Gasteiger partial charge in [0.1, 0.15) is 5.37 Å². The first-order valence-electron chi connectivity index (χ1n) is 10.2. The number of rotatable bonds is 7. The van der Waals surface area contributed by atoms with Gasteiger partial charge in [0.05, 0.1) is 20.0 Å². The first kappa shape index (κ1) is 20.0. The fourth-order valence-corrected chi connectivity index (χ4v) is 5.30. The van der Waals surface area contributed by atoms with Crippen LogP contribution in [0, 0.1) is 0 Å². The van der Waals surface area contributed by atoms with Gasteiger partial charge >= 0.3 is 0 Å². The highest BCUT2D eigenvalue weighted by atomic mass is 32.2. The van der Waals surface area contributed by atoms with Crippen molar-refractivity contribution in [3.05, 3.63) is 53.6 Å². The third-order valence-corrected chi connectivity index (χ3v) is 6.96. The topological polar surface area (TPSA) is 42.0 Å². The van der Waals surface area contributed by atoms with Crippen LogP contribution in [-0.2, 0) is 11.2 Å². The molecule has 1 unspecified atom stereocenters. The molecular weight excluding hydrogens is 384 g/mol. The van der Waals surface area contributed by atoms with Gasteiger partial charge in [-0.1, -0.05) is 18.2 Å². The van der Waals surface area contributed by atoms with E-state index in [0.717, 1.165) is 36.6 Å². The maximum Gasteiger partial charge on any atom is 0.233 e. The van der Waals surface area contributed by atoms with E-state index in [1.165, 1.54) is 24.1 Å². The predicted molar refractivity (Wildman–Crippen MR) is 118 cm³/mol. The normalized spacial score (nSPS) is 19.1. The van der Waals surface area contributed by atoms with Crippen LogP contribution in [0.5, 0.6) is 11.5 Å². The Kier molecular flexibility index (Phi) is 6.19. The monoisotopic (exact) mass is 412 g/mol. The molecule has 0 bridgehead atoms. The van der Waals surface area contributed by atoms with E-state index in [0.29, 0.717) is 12.3 Å². The summed E-state index contributed by atoms with van der Waals surface area (Å²) in [6.45, 7) is 2.99. The van der Waals surface area contributed by atoms with Gasteiger partial charge in [0.2, 0.25) is 5.91 Å². The van der Waals surface area contributed by atoms with Gasteiger partial charge < -0.3 is 19.3 Å². The Morgan fingerprint density at radius 3 is 2.41 bits per heavy atom. The molecule has 0 aliphatic carbocycles. The number of methoxy groups -OCH3 is 2. The van der Waals surface area contributed by atoms with E-state index < -0.39 is 0 Å². The molecule has 2 aromatic carbocycles. The summed E-state index contributed by atoms with van der Waals surface area (Å²) in [5.41, 5.74) is 3.63. The number of amides is 1. The standard InChI is InChI=1S/C23H28N2O3S/c1-27-20-10-5-17(15-21(20)28-2)11-14-25-22(26)16-29-23(25)18-6-8-19(9-7-18)24-12-3-4-13-24/h5-10,15,23H,3-4,11-14,16H2,1-2H3. The lowest BCUT2D eigenvalue weighted by molar-refractivity contribution is -0.128. The Labute approximate surface area is 177 Å². The van der Waals surface area contributed by atoms with Crippen LogP contribution in [0.4, 0.5) is 5.69 Å². The van der Waals surface area contributed by atoms with E-state index in [1.54, 1.807) is 26.0 Å². The van der Waals surface area contributed by atoms with Crippen LogP contribution in [0.2, 0.25) is 0 Å². The fourth-order valence-electron chi connectivity index (χ4n) is 4.08. The SMILES string of the molecule is COc1ccc(CCN2C(=O)CSC2c2ccc(N3CCCC3)cc2)cc1OC. The van der Waals surface area contributed by atoms with Gasteiger partial charge in [-0.15, -0.1) is 11.8 Å². The maximum absolute atomic E-state index is 12.5. The van der Waals surface area contributed by atoms with Crippen molar-refractivity contribution in [2.75, 3.05) is 44.5 Å². The Balaban J connectivity index is 1.44. The summed E-state index contributed by atoms with van der Waals surface area (Å²) < 4.78 is 10.7. The van der Waals surface area contributed by atoms with Crippen LogP contribution in [0.25, 0.3) is 0 Å². The molecule has 2 fully saturated rings. The van der Waals surface area contributed by atoms with E-state index in [1.807, 2.05) is 23.1 Å². The van der Waals surface area contributed by atoms with Crippen LogP contribution in [0.15, 0.2) is 42.5 Å². The molecule has 0 aromatic heterocycles. The van der Waals surface area contributed by atoms with E-state index in [2.05, 4.69) is 29.2 Å². The molecular formula is C23H28N2O3S. The van der Waals surface area contributed by atoms with Crippen molar-refractivity contribution in [3.8, 4) is 11.5 Å². The number of hydrogen-bond donors (Lipinski definition) is 0. The molecule has 0 N–H and O–H groups in total. The molecule has 6 heteroatoms. The second-order valence-corrected chi connectivity index (χ2v) is 8.54. The highest BCUT2D eigenvalue weighted by Crippen LogP contribution is 2.39. The Bertz CT molecular complexity index is 850. The minimum Gasteiger partial charge on any atom is -0.493 e. The summed E-state index contributed by atoms with van der Waals surface area (Å²) in [4.78, 5) is 17.0. The summed E-state index contributed by atoms with van der Waals surface area (Å²) in [6.07, 6.45) is 3.34. The van der Waals surface area contributed by atoms with E-state index in [-0.39, 0.29) is 11.3 Å². The average Bonchev–Trinajstić information content (AvgIpc) is 3.42. The van der Waals surface area contributed by atoms with Crippen molar-refractivity contribution >= 4 is 23.4 Å². The minimum atomic E-state index is 0.0928. The second-order valence-electron chi connectivity index (χ2n) is 7.48. The van der Waals surface area contributed by atoms with Gasteiger partial charge in [-0.05, 0) is 54.7 Å². The van der Waals surface area contributed by atoms with Crippen molar-refractivity contribution < 1.29 is 14.3 Å². The molecule has 0 spiro atoms. The molecule has 2 heterocycles. The largest absolute Gasteiger partial charge is 0.493 e. The van der Waals surface area contributed by atoms with E-state index in [4.69, 9.17) is 9.47 Å². The molecule has 2 aliphatic heterocycles. The number of benzene rings is 2. The number of ether oxygens (including phenoxy) is 2. The molecule has 1 atom stereocenters. The molecule has 2 aromatic rings.